The van der Waals surface area contributed by atoms with E-state index in [4.69, 9.17) is 5.11 Å². The molecule has 2 rings (SSSR count). The molecule has 0 unspecified atom stereocenters. The predicted molar refractivity (Wildman–Crippen MR) is 62.1 cm³/mol. The standard InChI is InChI=1S/C12H10N2O2/c15-12(16)10-6-2-1-5-9(10)11-7-3-4-8-13-14-11/h1-8,14H,(H,15,16). The average Bonchev–Trinajstić information content (AvgIpc) is 2.57. The Morgan fingerprint density at radius 3 is 2.88 bits per heavy atom. The van der Waals surface area contributed by atoms with E-state index in [-0.39, 0.29) is 5.56 Å². The van der Waals surface area contributed by atoms with Gasteiger partial charge in [0, 0.05) is 11.8 Å². The average molecular weight is 214 g/mol. The van der Waals surface area contributed by atoms with Crippen LogP contribution in [0.15, 0.2) is 47.6 Å². The molecule has 0 atom stereocenters. The van der Waals surface area contributed by atoms with Crippen LogP contribution in [0.25, 0.3) is 5.70 Å². The van der Waals surface area contributed by atoms with Crippen LogP contribution in [0.5, 0.6) is 0 Å². The second kappa shape index (κ2) is 4.44. The van der Waals surface area contributed by atoms with Crippen molar-refractivity contribution in [3.63, 3.8) is 0 Å². The van der Waals surface area contributed by atoms with Crippen molar-refractivity contribution >= 4 is 17.9 Å². The van der Waals surface area contributed by atoms with Gasteiger partial charge in [-0.2, -0.15) is 5.10 Å². The number of benzene rings is 1. The Hall–Kier alpha value is -2.36. The molecular formula is C12H10N2O2. The number of hydrazone groups is 1. The molecular weight excluding hydrogens is 204 g/mol. The van der Waals surface area contributed by atoms with Crippen molar-refractivity contribution in [2.24, 2.45) is 5.10 Å². The number of nitrogens with zero attached hydrogens (tertiary/aromatic N) is 1. The summed E-state index contributed by atoms with van der Waals surface area (Å²) >= 11 is 0. The maximum absolute atomic E-state index is 11.0. The Morgan fingerprint density at radius 2 is 2.06 bits per heavy atom. The second-order valence-electron chi connectivity index (χ2n) is 3.21. The molecule has 4 heteroatoms. The van der Waals surface area contributed by atoms with Crippen LogP contribution in [0.3, 0.4) is 0 Å². The molecule has 1 heterocycles. The van der Waals surface area contributed by atoms with Gasteiger partial charge in [0.15, 0.2) is 0 Å². The number of nitrogens with one attached hydrogen (secondary N) is 1. The molecule has 4 nitrogen and oxygen atoms in total. The lowest BCUT2D eigenvalue weighted by atomic mass is 10.0. The number of aromatic carboxylic acids is 1. The fourth-order valence-electron chi connectivity index (χ4n) is 1.44. The number of rotatable bonds is 2. The quantitative estimate of drug-likeness (QED) is 0.790. The van der Waals surface area contributed by atoms with E-state index in [0.717, 1.165) is 0 Å². The third-order valence-corrected chi connectivity index (χ3v) is 2.17. The number of carboxylic acids is 1. The Bertz CT molecular complexity index is 501. The van der Waals surface area contributed by atoms with E-state index >= 15 is 0 Å². The largest absolute Gasteiger partial charge is 0.478 e. The fourth-order valence-corrected chi connectivity index (χ4v) is 1.44. The van der Waals surface area contributed by atoms with Crippen LogP contribution in [0.4, 0.5) is 0 Å². The molecule has 0 radical (unpaired) electrons. The molecule has 0 saturated heterocycles. The highest BCUT2D eigenvalue weighted by Crippen LogP contribution is 2.17. The fraction of sp³-hybridized carbons (Fsp3) is 0. The van der Waals surface area contributed by atoms with E-state index in [1.165, 1.54) is 0 Å². The number of hydrogen-bond donors (Lipinski definition) is 2. The van der Waals surface area contributed by atoms with Crippen LogP contribution in [-0.2, 0) is 0 Å². The predicted octanol–water partition coefficient (Wildman–Crippen LogP) is 1.87. The first-order chi connectivity index (χ1) is 7.79. The zero-order valence-corrected chi connectivity index (χ0v) is 8.42. The molecule has 1 aliphatic rings. The minimum atomic E-state index is -0.949. The molecule has 16 heavy (non-hydrogen) atoms. The van der Waals surface area contributed by atoms with Gasteiger partial charge >= 0.3 is 5.97 Å². The highest BCUT2D eigenvalue weighted by molar-refractivity contribution is 5.94. The summed E-state index contributed by atoms with van der Waals surface area (Å²) in [5.74, 6) is -0.949. The molecule has 0 bridgehead atoms. The maximum Gasteiger partial charge on any atom is 0.336 e. The van der Waals surface area contributed by atoms with E-state index in [2.05, 4.69) is 10.5 Å². The summed E-state index contributed by atoms with van der Waals surface area (Å²) in [6.07, 6.45) is 6.96. The van der Waals surface area contributed by atoms with Crippen LogP contribution < -0.4 is 5.43 Å². The molecule has 0 saturated carbocycles. The van der Waals surface area contributed by atoms with Gasteiger partial charge in [0.05, 0.1) is 11.3 Å². The maximum atomic E-state index is 11.0. The second-order valence-corrected chi connectivity index (χ2v) is 3.21. The summed E-state index contributed by atoms with van der Waals surface area (Å²) in [7, 11) is 0. The van der Waals surface area contributed by atoms with Crippen LogP contribution in [-0.4, -0.2) is 17.3 Å². The van der Waals surface area contributed by atoms with Gasteiger partial charge in [0.2, 0.25) is 0 Å². The molecule has 2 N–H and O–H groups in total. The van der Waals surface area contributed by atoms with E-state index < -0.39 is 5.97 Å². The van der Waals surface area contributed by atoms with Crippen molar-refractivity contribution in [2.45, 2.75) is 0 Å². The van der Waals surface area contributed by atoms with Crippen LogP contribution >= 0.6 is 0 Å². The topological polar surface area (TPSA) is 61.7 Å². The van der Waals surface area contributed by atoms with Crippen molar-refractivity contribution in [2.75, 3.05) is 0 Å². The Morgan fingerprint density at radius 1 is 1.25 bits per heavy atom. The van der Waals surface area contributed by atoms with Gasteiger partial charge < -0.3 is 5.11 Å². The summed E-state index contributed by atoms with van der Waals surface area (Å²) in [6, 6.07) is 6.81. The van der Waals surface area contributed by atoms with Gasteiger partial charge in [0.1, 0.15) is 0 Å². The van der Waals surface area contributed by atoms with Crippen molar-refractivity contribution < 1.29 is 9.90 Å². The molecule has 0 fully saturated rings. The molecule has 0 aromatic heterocycles. The molecule has 0 amide bonds. The number of carbonyl (C=O) groups is 1. The summed E-state index contributed by atoms with van der Waals surface area (Å²) in [5.41, 5.74) is 4.35. The number of carboxylic acid groups (broad SMARTS) is 1. The minimum absolute atomic E-state index is 0.256. The molecule has 1 aliphatic heterocycles. The van der Waals surface area contributed by atoms with Crippen molar-refractivity contribution in [1.82, 2.24) is 5.43 Å². The van der Waals surface area contributed by atoms with Gasteiger partial charge in [-0.3, -0.25) is 5.43 Å². The lowest BCUT2D eigenvalue weighted by molar-refractivity contribution is 0.0696. The van der Waals surface area contributed by atoms with E-state index in [1.807, 2.05) is 0 Å². The van der Waals surface area contributed by atoms with Gasteiger partial charge in [-0.05, 0) is 18.2 Å². The molecule has 0 aliphatic carbocycles. The lowest BCUT2D eigenvalue weighted by Gasteiger charge is -2.08. The highest BCUT2D eigenvalue weighted by Gasteiger charge is 2.12. The zero-order valence-electron chi connectivity index (χ0n) is 8.42. The number of allylic oxidation sites excluding steroid dienone is 3. The first-order valence-electron chi connectivity index (χ1n) is 4.78. The molecule has 80 valence electrons. The SMILES string of the molecule is O=C(O)c1ccccc1C1=CC=CC=NN1. The Balaban J connectivity index is 2.47. The van der Waals surface area contributed by atoms with Gasteiger partial charge in [-0.1, -0.05) is 24.3 Å². The zero-order chi connectivity index (χ0) is 11.4. The summed E-state index contributed by atoms with van der Waals surface area (Å²) in [6.45, 7) is 0. The normalized spacial score (nSPS) is 13.9. The van der Waals surface area contributed by atoms with Crippen LogP contribution in [0, 0.1) is 0 Å². The first kappa shape index (κ1) is 10.2. The van der Waals surface area contributed by atoms with Crippen molar-refractivity contribution in [3.05, 3.63) is 53.6 Å². The summed E-state index contributed by atoms with van der Waals surface area (Å²) < 4.78 is 0. The third-order valence-electron chi connectivity index (χ3n) is 2.17. The Labute approximate surface area is 92.6 Å². The smallest absolute Gasteiger partial charge is 0.336 e. The van der Waals surface area contributed by atoms with Gasteiger partial charge in [0.25, 0.3) is 0 Å². The third kappa shape index (κ3) is 2.00. The molecule has 1 aromatic rings. The number of hydrogen-bond acceptors (Lipinski definition) is 3. The van der Waals surface area contributed by atoms with Crippen molar-refractivity contribution in [3.8, 4) is 0 Å². The van der Waals surface area contributed by atoms with Crippen molar-refractivity contribution in [1.29, 1.82) is 0 Å². The molecule has 1 aromatic carbocycles. The highest BCUT2D eigenvalue weighted by atomic mass is 16.4. The lowest BCUT2D eigenvalue weighted by Crippen LogP contribution is -2.09. The van der Waals surface area contributed by atoms with Crippen LogP contribution in [0.2, 0.25) is 0 Å². The van der Waals surface area contributed by atoms with Crippen LogP contribution in [0.1, 0.15) is 15.9 Å². The minimum Gasteiger partial charge on any atom is -0.478 e. The first-order valence-corrected chi connectivity index (χ1v) is 4.78. The summed E-state index contributed by atoms with van der Waals surface area (Å²) in [4.78, 5) is 11.0. The van der Waals surface area contributed by atoms with E-state index in [1.54, 1.807) is 48.7 Å². The van der Waals surface area contributed by atoms with Gasteiger partial charge in [-0.15, -0.1) is 0 Å². The summed E-state index contributed by atoms with van der Waals surface area (Å²) in [5, 5.41) is 13.0. The van der Waals surface area contributed by atoms with E-state index in [9.17, 15) is 4.79 Å². The Kier molecular flexibility index (Phi) is 2.82. The van der Waals surface area contributed by atoms with Gasteiger partial charge in [-0.25, -0.2) is 4.79 Å². The monoisotopic (exact) mass is 214 g/mol. The molecule has 0 spiro atoms. The van der Waals surface area contributed by atoms with E-state index in [0.29, 0.717) is 11.3 Å².